The second kappa shape index (κ2) is 7.58. The summed E-state index contributed by atoms with van der Waals surface area (Å²) >= 11 is -1.69. The predicted octanol–water partition coefficient (Wildman–Crippen LogP) is -1.64. The van der Waals surface area contributed by atoms with E-state index in [-0.39, 0.29) is 12.3 Å². The van der Waals surface area contributed by atoms with E-state index in [1.54, 1.807) is 0 Å². The van der Waals surface area contributed by atoms with Crippen LogP contribution in [0.4, 0.5) is 0 Å². The number of nitrogens with two attached hydrogens (primary N) is 1. The molecule has 0 saturated carbocycles. The van der Waals surface area contributed by atoms with Gasteiger partial charge in [-0.2, -0.15) is 4.31 Å². The molecule has 94 valence electrons. The quantitative estimate of drug-likeness (QED) is 0.258. The zero-order chi connectivity index (χ0) is 12.7. The van der Waals surface area contributed by atoms with Gasteiger partial charge in [0.05, 0.1) is 5.75 Å². The third kappa shape index (κ3) is 25.0. The van der Waals surface area contributed by atoms with Crippen molar-refractivity contribution in [1.82, 2.24) is 0 Å². The molecule has 15 heavy (non-hydrogen) atoms. The van der Waals surface area contributed by atoms with E-state index in [1.165, 1.54) is 0 Å². The third-order valence-corrected chi connectivity index (χ3v) is 2.79. The van der Waals surface area contributed by atoms with Crippen molar-refractivity contribution in [2.75, 3.05) is 12.3 Å². The topological polar surface area (TPSA) is 188 Å². The molecule has 10 nitrogen and oxygen atoms in total. The Morgan fingerprint density at radius 1 is 1.13 bits per heavy atom. The van der Waals surface area contributed by atoms with E-state index >= 15 is 0 Å². The van der Waals surface area contributed by atoms with Crippen LogP contribution in [0.25, 0.3) is 0 Å². The summed E-state index contributed by atoms with van der Waals surface area (Å²) in [6, 6.07) is 0. The fourth-order valence-corrected chi connectivity index (χ4v) is 1.55. The number of hydrogen-bond acceptors (Lipinski definition) is 5. The van der Waals surface area contributed by atoms with Crippen LogP contribution >= 0.6 is 15.6 Å². The highest BCUT2D eigenvalue weighted by molar-refractivity contribution is 7.79. The molecule has 0 fully saturated rings. The molecule has 0 aromatic rings. The maximum atomic E-state index is 9.63. The van der Waals surface area contributed by atoms with Gasteiger partial charge in [0.2, 0.25) is 0 Å². The zero-order valence-electron chi connectivity index (χ0n) is 7.16. The van der Waals surface area contributed by atoms with Gasteiger partial charge < -0.3 is 29.9 Å². The summed E-state index contributed by atoms with van der Waals surface area (Å²) in [5, 5.41) is 0. The Morgan fingerprint density at radius 2 is 1.47 bits per heavy atom. The van der Waals surface area contributed by atoms with Crippen LogP contribution in [0.2, 0.25) is 0 Å². The summed E-state index contributed by atoms with van der Waals surface area (Å²) in [4.78, 5) is 31.0. The van der Waals surface area contributed by atoms with Crippen LogP contribution in [0, 0.1) is 0 Å². The largest absolute Gasteiger partial charge is 0.478 e. The van der Waals surface area contributed by atoms with Crippen molar-refractivity contribution in [3.8, 4) is 0 Å². The van der Waals surface area contributed by atoms with Gasteiger partial charge in [-0.1, -0.05) is 0 Å². The average molecular weight is 287 g/mol. The lowest BCUT2D eigenvalue weighted by molar-refractivity contribution is 0.225. The van der Waals surface area contributed by atoms with Crippen molar-refractivity contribution in [1.29, 1.82) is 0 Å². The summed E-state index contributed by atoms with van der Waals surface area (Å²) in [6.45, 7) is 0.281. The maximum Gasteiger partial charge on any atom is 0.478 e. The summed E-state index contributed by atoms with van der Waals surface area (Å²) < 4.78 is 39.8. The van der Waals surface area contributed by atoms with Gasteiger partial charge in [-0.25, -0.2) is 13.3 Å². The molecule has 0 aromatic carbocycles. The van der Waals surface area contributed by atoms with Gasteiger partial charge in [-0.05, 0) is 0 Å². The van der Waals surface area contributed by atoms with Crippen molar-refractivity contribution in [3.63, 3.8) is 0 Å². The second-order valence-electron chi connectivity index (χ2n) is 1.88. The highest BCUT2D eigenvalue weighted by atomic mass is 32.2. The lowest BCUT2D eigenvalue weighted by Crippen LogP contribution is -2.08. The Labute approximate surface area is 87.2 Å². The molecule has 0 aliphatic rings. The first-order chi connectivity index (χ1) is 6.48. The predicted molar refractivity (Wildman–Crippen MR) is 49.9 cm³/mol. The Kier molecular flexibility index (Phi) is 8.95. The first kappa shape index (κ1) is 17.7. The molecule has 0 radical (unpaired) electrons. The smallest absolute Gasteiger partial charge is 0.329 e. The van der Waals surface area contributed by atoms with E-state index in [2.05, 4.69) is 4.31 Å². The van der Waals surface area contributed by atoms with Crippen molar-refractivity contribution in [2.24, 2.45) is 5.73 Å². The first-order valence-electron chi connectivity index (χ1n) is 3.08. The van der Waals surface area contributed by atoms with E-state index in [9.17, 15) is 13.3 Å². The van der Waals surface area contributed by atoms with Gasteiger partial charge in [0.15, 0.2) is 11.1 Å². The van der Waals surface area contributed by atoms with E-state index in [1.807, 2.05) is 0 Å². The van der Waals surface area contributed by atoms with Crippen molar-refractivity contribution in [2.45, 2.75) is 0 Å². The average Bonchev–Trinajstić information content (AvgIpc) is 1.77. The monoisotopic (exact) mass is 287 g/mol. The minimum atomic E-state index is -5.05. The van der Waals surface area contributed by atoms with Gasteiger partial charge in [0.1, 0.15) is 0 Å². The molecule has 13 heteroatoms. The summed E-state index contributed by atoms with van der Waals surface area (Å²) in [5.41, 5.74) is 4.88. The third-order valence-electron chi connectivity index (χ3n) is 0.505. The number of hydrogen-bond donors (Lipinski definition) is 6. The molecular formula is C2H11NO9P2S. The molecular weight excluding hydrogens is 276 g/mol. The summed E-state index contributed by atoms with van der Waals surface area (Å²) in [5.74, 6) is 0.181. The van der Waals surface area contributed by atoms with E-state index in [4.69, 9.17) is 29.9 Å². The molecule has 0 saturated heterocycles. The Balaban J connectivity index is 0. The van der Waals surface area contributed by atoms with Crippen LogP contribution < -0.4 is 5.73 Å². The van der Waals surface area contributed by atoms with Crippen molar-refractivity contribution >= 4 is 26.7 Å². The van der Waals surface area contributed by atoms with Crippen molar-refractivity contribution < 1.29 is 41.8 Å². The Bertz CT molecular complexity index is 260. The second-order valence-corrected chi connectivity index (χ2v) is 5.54. The Hall–Kier alpha value is 0.330. The SMILES string of the molecule is NCCS(=O)O.O=P(O)(O)OP(=O)(O)O. The lowest BCUT2D eigenvalue weighted by Gasteiger charge is -2.03. The standard InChI is InChI=1S/C2H7NO2S.H4O7P2/c3-1-2-6(4)5;1-8(2,3)7-9(4,5)6/h1-3H2,(H,4,5);(H2,1,2,3)(H2,4,5,6). The first-order valence-corrected chi connectivity index (χ1v) is 7.41. The van der Waals surface area contributed by atoms with Gasteiger partial charge in [-0.15, -0.1) is 0 Å². The van der Waals surface area contributed by atoms with Crippen molar-refractivity contribution in [3.05, 3.63) is 0 Å². The molecule has 0 aromatic heterocycles. The van der Waals surface area contributed by atoms with Crippen LogP contribution in [-0.4, -0.2) is 40.6 Å². The fraction of sp³-hybridized carbons (Fsp3) is 1.00. The zero-order valence-corrected chi connectivity index (χ0v) is 9.77. The van der Waals surface area contributed by atoms with Crippen LogP contribution in [0.3, 0.4) is 0 Å². The minimum Gasteiger partial charge on any atom is -0.329 e. The highest BCUT2D eigenvalue weighted by Gasteiger charge is 2.27. The molecule has 0 spiro atoms. The molecule has 0 rings (SSSR count). The molecule has 0 bridgehead atoms. The number of rotatable bonds is 4. The van der Waals surface area contributed by atoms with Gasteiger partial charge in [0, 0.05) is 6.54 Å². The lowest BCUT2D eigenvalue weighted by atomic mass is 10.8. The van der Waals surface area contributed by atoms with Gasteiger partial charge >= 0.3 is 15.6 Å². The van der Waals surface area contributed by atoms with E-state index < -0.39 is 26.7 Å². The van der Waals surface area contributed by atoms with E-state index in [0.29, 0.717) is 0 Å². The molecule has 0 aliphatic heterocycles. The molecule has 1 atom stereocenters. The normalized spacial score (nSPS) is 14.0. The minimum absolute atomic E-state index is 0.181. The highest BCUT2D eigenvalue weighted by Crippen LogP contribution is 2.53. The fourth-order valence-electron chi connectivity index (χ4n) is 0.239. The van der Waals surface area contributed by atoms with Gasteiger partial charge in [-0.3, -0.25) is 0 Å². The van der Waals surface area contributed by atoms with Crippen LogP contribution in [0.5, 0.6) is 0 Å². The maximum absolute atomic E-state index is 9.63. The molecule has 0 aliphatic carbocycles. The van der Waals surface area contributed by atoms with Crippen LogP contribution in [-0.2, 0) is 24.5 Å². The summed E-state index contributed by atoms with van der Waals surface area (Å²) in [7, 11) is -10.1. The van der Waals surface area contributed by atoms with Crippen LogP contribution in [0.15, 0.2) is 0 Å². The molecule has 1 unspecified atom stereocenters. The van der Waals surface area contributed by atoms with Crippen LogP contribution in [0.1, 0.15) is 0 Å². The van der Waals surface area contributed by atoms with E-state index in [0.717, 1.165) is 0 Å². The van der Waals surface area contributed by atoms with Gasteiger partial charge in [0.25, 0.3) is 0 Å². The summed E-state index contributed by atoms with van der Waals surface area (Å²) in [6.07, 6.45) is 0. The molecule has 0 amide bonds. The molecule has 7 N–H and O–H groups in total. The Morgan fingerprint density at radius 3 is 1.47 bits per heavy atom. The molecule has 0 heterocycles. The number of phosphoric acid groups is 2.